The molecule has 0 atom stereocenters. The second-order valence-electron chi connectivity index (χ2n) is 4.87. The molecule has 0 spiro atoms. The van der Waals surface area contributed by atoms with Crippen molar-refractivity contribution >= 4 is 34.3 Å². The number of rotatable bonds is 4. The highest BCUT2D eigenvalue weighted by Gasteiger charge is 2.24. The lowest BCUT2D eigenvalue weighted by atomic mass is 9.95. The number of thioether (sulfide) groups is 1. The summed E-state index contributed by atoms with van der Waals surface area (Å²) in [5.41, 5.74) is 2.50. The highest BCUT2D eigenvalue weighted by Crippen LogP contribution is 2.33. The molecule has 0 fully saturated rings. The van der Waals surface area contributed by atoms with E-state index in [4.69, 9.17) is 0 Å². The fourth-order valence-electron chi connectivity index (χ4n) is 2.30. The Balaban J connectivity index is 1.73. The first-order chi connectivity index (χ1) is 10.8. The fraction of sp³-hybridized carbons (Fsp3) is 0.0526. The number of Topliss-reactive ketones (excluding diaryl/α,β-unsaturated/α-hetero) is 1. The van der Waals surface area contributed by atoms with E-state index in [-0.39, 0.29) is 0 Å². The maximum atomic E-state index is 11.9. The summed E-state index contributed by atoms with van der Waals surface area (Å²) in [6.45, 7) is 0. The van der Waals surface area contributed by atoms with E-state index in [1.807, 2.05) is 42.5 Å². The van der Waals surface area contributed by atoms with E-state index in [9.17, 15) is 9.59 Å². The minimum Gasteiger partial charge on any atom is -0.286 e. The van der Waals surface area contributed by atoms with Gasteiger partial charge in [0.25, 0.3) is 0 Å². The Morgan fingerprint density at radius 3 is 2.32 bits per heavy atom. The quantitative estimate of drug-likeness (QED) is 0.792. The van der Waals surface area contributed by atoms with E-state index < -0.39 is 11.6 Å². The third-order valence-corrected chi connectivity index (χ3v) is 4.38. The van der Waals surface area contributed by atoms with Crippen LogP contribution in [0.4, 0.5) is 0 Å². The van der Waals surface area contributed by atoms with Crippen molar-refractivity contribution < 1.29 is 9.59 Å². The number of benzene rings is 2. The molecule has 0 saturated heterocycles. The van der Waals surface area contributed by atoms with Crippen molar-refractivity contribution in [3.05, 3.63) is 83.4 Å². The van der Waals surface area contributed by atoms with E-state index in [1.54, 1.807) is 23.9 Å². The lowest BCUT2D eigenvalue weighted by Crippen LogP contribution is -2.17. The van der Waals surface area contributed by atoms with Crippen molar-refractivity contribution in [1.82, 2.24) is 0 Å². The Labute approximate surface area is 133 Å². The van der Waals surface area contributed by atoms with E-state index in [1.165, 1.54) is 6.08 Å². The van der Waals surface area contributed by atoms with Crippen LogP contribution in [0.5, 0.6) is 0 Å². The molecule has 0 N–H and O–H groups in total. The van der Waals surface area contributed by atoms with Crippen LogP contribution in [0.15, 0.2) is 66.7 Å². The molecular formula is C19H14O2S. The Hall–Kier alpha value is -2.39. The summed E-state index contributed by atoms with van der Waals surface area (Å²) in [6, 6.07) is 17.3. The van der Waals surface area contributed by atoms with E-state index in [0.29, 0.717) is 5.56 Å². The number of carbonyl (C=O) groups is 2. The summed E-state index contributed by atoms with van der Waals surface area (Å²) >= 11 is 1.57. The standard InChI is InChI=1S/C19H14O2S/c20-17-13-18(15-10-4-5-11-16(15)19(17)21)22-12-6-9-14-7-2-1-3-8-14/h1-11,13H,12H2/b9-6+. The van der Waals surface area contributed by atoms with Gasteiger partial charge in [0, 0.05) is 22.3 Å². The van der Waals surface area contributed by atoms with Gasteiger partial charge in [-0.3, -0.25) is 9.59 Å². The summed E-state index contributed by atoms with van der Waals surface area (Å²) in [5.74, 6) is -0.107. The molecule has 0 heterocycles. The van der Waals surface area contributed by atoms with Crippen molar-refractivity contribution in [2.75, 3.05) is 5.75 Å². The summed E-state index contributed by atoms with van der Waals surface area (Å²) in [6.07, 6.45) is 5.56. The summed E-state index contributed by atoms with van der Waals surface area (Å²) in [4.78, 5) is 24.5. The first-order valence-electron chi connectivity index (χ1n) is 7.00. The van der Waals surface area contributed by atoms with Gasteiger partial charge in [-0.1, -0.05) is 66.7 Å². The smallest absolute Gasteiger partial charge is 0.233 e. The molecule has 0 amide bonds. The van der Waals surface area contributed by atoms with E-state index >= 15 is 0 Å². The van der Waals surface area contributed by atoms with Crippen molar-refractivity contribution in [2.45, 2.75) is 0 Å². The highest BCUT2D eigenvalue weighted by atomic mass is 32.2. The number of hydrogen-bond acceptors (Lipinski definition) is 3. The minimum absolute atomic E-state index is 0.417. The molecule has 0 bridgehead atoms. The lowest BCUT2D eigenvalue weighted by molar-refractivity contribution is -0.110. The molecule has 2 aromatic rings. The third-order valence-electron chi connectivity index (χ3n) is 3.37. The van der Waals surface area contributed by atoms with Gasteiger partial charge in [0.1, 0.15) is 0 Å². The molecule has 2 nitrogen and oxygen atoms in total. The SMILES string of the molecule is O=C1C=C(SC/C=C/c2ccccc2)c2ccccc2C1=O. The molecule has 1 aliphatic rings. The predicted octanol–water partition coefficient (Wildman–Crippen LogP) is 4.24. The molecule has 3 rings (SSSR count). The Morgan fingerprint density at radius 2 is 1.55 bits per heavy atom. The molecule has 0 radical (unpaired) electrons. The number of carbonyl (C=O) groups excluding carboxylic acids is 2. The summed E-state index contributed by atoms with van der Waals surface area (Å²) < 4.78 is 0. The number of fused-ring (bicyclic) bond motifs is 1. The average Bonchev–Trinajstić information content (AvgIpc) is 2.57. The number of hydrogen-bond donors (Lipinski definition) is 0. The van der Waals surface area contributed by atoms with Gasteiger partial charge in [-0.15, -0.1) is 11.8 Å². The van der Waals surface area contributed by atoms with Gasteiger partial charge in [0.2, 0.25) is 11.6 Å². The molecular weight excluding hydrogens is 292 g/mol. The van der Waals surface area contributed by atoms with Crippen LogP contribution in [0.1, 0.15) is 21.5 Å². The minimum atomic E-state index is -0.437. The van der Waals surface area contributed by atoms with Crippen LogP contribution >= 0.6 is 11.8 Å². The largest absolute Gasteiger partial charge is 0.286 e. The van der Waals surface area contributed by atoms with Crippen molar-refractivity contribution in [1.29, 1.82) is 0 Å². The average molecular weight is 306 g/mol. The predicted molar refractivity (Wildman–Crippen MR) is 91.7 cm³/mol. The summed E-state index contributed by atoms with van der Waals surface area (Å²) in [7, 11) is 0. The lowest BCUT2D eigenvalue weighted by Gasteiger charge is -2.14. The molecule has 108 valence electrons. The molecule has 2 aromatic carbocycles. The fourth-order valence-corrected chi connectivity index (χ4v) is 3.19. The third kappa shape index (κ3) is 3.10. The molecule has 0 unspecified atom stereocenters. The maximum Gasteiger partial charge on any atom is 0.233 e. The van der Waals surface area contributed by atoms with Gasteiger partial charge < -0.3 is 0 Å². The van der Waals surface area contributed by atoms with Crippen molar-refractivity contribution in [3.8, 4) is 0 Å². The maximum absolute atomic E-state index is 11.9. The van der Waals surface area contributed by atoms with Gasteiger partial charge >= 0.3 is 0 Å². The first-order valence-corrected chi connectivity index (χ1v) is 7.98. The van der Waals surface area contributed by atoms with Gasteiger partial charge in [-0.2, -0.15) is 0 Å². The van der Waals surface area contributed by atoms with Gasteiger partial charge in [-0.25, -0.2) is 0 Å². The van der Waals surface area contributed by atoms with E-state index in [2.05, 4.69) is 12.2 Å². The van der Waals surface area contributed by atoms with Crippen LogP contribution in [-0.4, -0.2) is 17.3 Å². The topological polar surface area (TPSA) is 34.1 Å². The Kier molecular flexibility index (Phi) is 4.35. The van der Waals surface area contributed by atoms with Gasteiger partial charge in [0.15, 0.2) is 0 Å². The van der Waals surface area contributed by atoms with Crippen molar-refractivity contribution in [3.63, 3.8) is 0 Å². The second kappa shape index (κ2) is 6.58. The number of ketones is 2. The molecule has 1 aliphatic carbocycles. The molecule has 0 aliphatic heterocycles. The zero-order valence-electron chi connectivity index (χ0n) is 11.9. The normalized spacial score (nSPS) is 14.1. The summed E-state index contributed by atoms with van der Waals surface area (Å²) in [5, 5.41) is 0. The van der Waals surface area contributed by atoms with Crippen LogP contribution in [0.25, 0.3) is 11.0 Å². The monoisotopic (exact) mass is 306 g/mol. The van der Waals surface area contributed by atoms with Crippen LogP contribution in [0, 0.1) is 0 Å². The van der Waals surface area contributed by atoms with E-state index in [0.717, 1.165) is 21.8 Å². The highest BCUT2D eigenvalue weighted by molar-refractivity contribution is 8.08. The van der Waals surface area contributed by atoms with Crippen LogP contribution in [-0.2, 0) is 4.79 Å². The van der Waals surface area contributed by atoms with Gasteiger partial charge in [-0.05, 0) is 11.1 Å². The molecule has 0 aromatic heterocycles. The van der Waals surface area contributed by atoms with Gasteiger partial charge in [0.05, 0.1) is 0 Å². The molecule has 22 heavy (non-hydrogen) atoms. The zero-order chi connectivity index (χ0) is 15.4. The van der Waals surface area contributed by atoms with Crippen LogP contribution in [0.3, 0.4) is 0 Å². The van der Waals surface area contributed by atoms with Crippen LogP contribution < -0.4 is 0 Å². The Bertz CT molecular complexity index is 773. The van der Waals surface area contributed by atoms with Crippen molar-refractivity contribution in [2.24, 2.45) is 0 Å². The second-order valence-corrected chi connectivity index (χ2v) is 5.93. The zero-order valence-corrected chi connectivity index (χ0v) is 12.7. The van der Waals surface area contributed by atoms with Crippen LogP contribution in [0.2, 0.25) is 0 Å². The Morgan fingerprint density at radius 1 is 0.864 bits per heavy atom. The molecule has 3 heteroatoms. The molecule has 0 saturated carbocycles. The number of allylic oxidation sites excluding steroid dienone is 1. The first kappa shape index (κ1) is 14.5.